The molecule has 2 aliphatic heterocycles. The Kier molecular flexibility index (Phi) is 4.12. The van der Waals surface area contributed by atoms with Gasteiger partial charge in [0.15, 0.2) is 0 Å². The second-order valence-electron chi connectivity index (χ2n) is 5.48. The smallest absolute Gasteiger partial charge is 0.543 e. The molecule has 1 amide bonds. The predicted octanol–water partition coefficient (Wildman–Crippen LogP) is -3.59. The molecule has 0 radical (unpaired) electrons. The Bertz CT molecular complexity index is 460. The van der Waals surface area contributed by atoms with Crippen molar-refractivity contribution in [2.24, 2.45) is 11.8 Å². The number of β-lactam (4-membered cyclic amide) rings is 1. The van der Waals surface area contributed by atoms with E-state index in [1.54, 1.807) is 6.92 Å². The van der Waals surface area contributed by atoms with Crippen LogP contribution in [-0.4, -0.2) is 34.0 Å². The zero-order valence-corrected chi connectivity index (χ0v) is 13.3. The molecule has 1 saturated carbocycles. The molecule has 2 fully saturated rings. The standard InChI is InChI=1S/C13H17NO4.Na/c1-6(15)9-10-7-4-2-3-5-8(7)11(13(17)18)14(10)12(9)16;/h6-7,9-10,15H,2-5H2,1H3,(H,17,18);/q;+1/p-1/t6-,7+,9-,10-;/m1./s1. The molecule has 0 aromatic rings. The van der Waals surface area contributed by atoms with E-state index < -0.39 is 18.0 Å². The molecule has 0 bridgehead atoms. The van der Waals surface area contributed by atoms with Gasteiger partial charge in [-0.25, -0.2) is 0 Å². The fourth-order valence-corrected chi connectivity index (χ4v) is 3.81. The molecule has 0 unspecified atom stereocenters. The largest absolute Gasteiger partial charge is 1.00 e. The number of hydrogen-bond acceptors (Lipinski definition) is 4. The van der Waals surface area contributed by atoms with E-state index in [1.807, 2.05) is 0 Å². The van der Waals surface area contributed by atoms with Crippen LogP contribution < -0.4 is 34.7 Å². The maximum atomic E-state index is 12.0. The van der Waals surface area contributed by atoms with Crippen LogP contribution in [0.25, 0.3) is 0 Å². The molecule has 3 aliphatic rings. The van der Waals surface area contributed by atoms with Crippen LogP contribution in [0.3, 0.4) is 0 Å². The quantitative estimate of drug-likeness (QED) is 0.416. The van der Waals surface area contributed by atoms with Gasteiger partial charge < -0.3 is 19.9 Å². The van der Waals surface area contributed by atoms with Crippen LogP contribution in [0.5, 0.6) is 0 Å². The third-order valence-electron chi connectivity index (χ3n) is 4.52. The zero-order chi connectivity index (χ0) is 13.0. The third-order valence-corrected chi connectivity index (χ3v) is 4.52. The third kappa shape index (κ3) is 1.98. The van der Waals surface area contributed by atoms with Gasteiger partial charge in [-0.1, -0.05) is 6.42 Å². The summed E-state index contributed by atoms with van der Waals surface area (Å²) in [7, 11) is 0. The summed E-state index contributed by atoms with van der Waals surface area (Å²) in [6.07, 6.45) is 2.95. The van der Waals surface area contributed by atoms with Crippen LogP contribution in [0, 0.1) is 11.8 Å². The summed E-state index contributed by atoms with van der Waals surface area (Å²) in [5, 5.41) is 20.9. The Morgan fingerprint density at radius 1 is 1.47 bits per heavy atom. The number of rotatable bonds is 2. The summed E-state index contributed by atoms with van der Waals surface area (Å²) >= 11 is 0. The van der Waals surface area contributed by atoms with E-state index in [1.165, 1.54) is 4.90 Å². The maximum Gasteiger partial charge on any atom is 1.00 e. The molecular formula is C13H16NNaO4. The molecule has 1 N–H and O–H groups in total. The van der Waals surface area contributed by atoms with Crippen molar-refractivity contribution in [3.63, 3.8) is 0 Å². The topological polar surface area (TPSA) is 80.7 Å². The van der Waals surface area contributed by atoms with Gasteiger partial charge in [0.05, 0.1) is 29.7 Å². The van der Waals surface area contributed by atoms with E-state index in [9.17, 15) is 19.8 Å². The first-order valence-corrected chi connectivity index (χ1v) is 6.49. The van der Waals surface area contributed by atoms with Crippen molar-refractivity contribution in [1.82, 2.24) is 4.90 Å². The number of aliphatic carboxylic acids is 1. The van der Waals surface area contributed by atoms with Crippen LogP contribution in [-0.2, 0) is 9.59 Å². The SMILES string of the molecule is C[C@@H](O)[C@H]1C(=O)N2C(C(=O)[O-])=C3CCCC[C@@H]3[C@H]12.[Na+]. The van der Waals surface area contributed by atoms with Crippen LogP contribution >= 0.6 is 0 Å². The Labute approximate surface area is 133 Å². The summed E-state index contributed by atoms with van der Waals surface area (Å²) in [5.74, 6) is -1.85. The molecule has 98 valence electrons. The van der Waals surface area contributed by atoms with Crippen LogP contribution in [0.15, 0.2) is 11.3 Å². The molecule has 3 rings (SSSR count). The molecule has 0 aromatic heterocycles. The number of carbonyl (C=O) groups excluding carboxylic acids is 2. The zero-order valence-electron chi connectivity index (χ0n) is 11.3. The molecule has 1 saturated heterocycles. The molecular weight excluding hydrogens is 257 g/mol. The number of aliphatic hydroxyl groups is 1. The molecule has 2 heterocycles. The van der Waals surface area contributed by atoms with E-state index in [0.717, 1.165) is 31.3 Å². The summed E-state index contributed by atoms with van der Waals surface area (Å²) in [5.41, 5.74) is 0.953. The Morgan fingerprint density at radius 3 is 2.74 bits per heavy atom. The van der Waals surface area contributed by atoms with Gasteiger partial charge in [0.25, 0.3) is 0 Å². The van der Waals surface area contributed by atoms with Crippen LogP contribution in [0.1, 0.15) is 32.6 Å². The van der Waals surface area contributed by atoms with Gasteiger partial charge in [-0.15, -0.1) is 0 Å². The molecule has 0 spiro atoms. The van der Waals surface area contributed by atoms with Crippen molar-refractivity contribution >= 4 is 11.9 Å². The second-order valence-corrected chi connectivity index (χ2v) is 5.48. The first-order chi connectivity index (χ1) is 8.54. The maximum absolute atomic E-state index is 12.0. The summed E-state index contributed by atoms with van der Waals surface area (Å²) in [6, 6.07) is -0.152. The molecule has 6 heteroatoms. The minimum Gasteiger partial charge on any atom is -0.543 e. The van der Waals surface area contributed by atoms with Gasteiger partial charge in [-0.05, 0) is 31.8 Å². The fourth-order valence-electron chi connectivity index (χ4n) is 3.81. The molecule has 0 aromatic carbocycles. The number of carbonyl (C=O) groups is 2. The average Bonchev–Trinajstić information content (AvgIpc) is 2.60. The number of carboxylic acids is 1. The molecule has 4 atom stereocenters. The van der Waals surface area contributed by atoms with Crippen molar-refractivity contribution in [3.05, 3.63) is 11.3 Å². The van der Waals surface area contributed by atoms with Crippen molar-refractivity contribution < 1.29 is 49.4 Å². The summed E-state index contributed by atoms with van der Waals surface area (Å²) in [6.45, 7) is 1.60. The summed E-state index contributed by atoms with van der Waals surface area (Å²) < 4.78 is 0. The Morgan fingerprint density at radius 2 is 2.16 bits per heavy atom. The number of carboxylic acid groups (broad SMARTS) is 1. The van der Waals surface area contributed by atoms with E-state index >= 15 is 0 Å². The molecule has 19 heavy (non-hydrogen) atoms. The molecule has 1 aliphatic carbocycles. The van der Waals surface area contributed by atoms with Crippen molar-refractivity contribution in [2.45, 2.75) is 44.8 Å². The number of nitrogens with zero attached hydrogens (tertiary/aromatic N) is 1. The van der Waals surface area contributed by atoms with Gasteiger partial charge in [0, 0.05) is 5.92 Å². The summed E-state index contributed by atoms with van der Waals surface area (Å²) in [4.78, 5) is 24.6. The van der Waals surface area contributed by atoms with Gasteiger partial charge in [-0.2, -0.15) is 0 Å². The van der Waals surface area contributed by atoms with E-state index in [-0.39, 0.29) is 53.1 Å². The van der Waals surface area contributed by atoms with Gasteiger partial charge in [0.1, 0.15) is 0 Å². The van der Waals surface area contributed by atoms with Crippen molar-refractivity contribution in [2.75, 3.05) is 0 Å². The number of aliphatic hydroxyl groups excluding tert-OH is 1. The van der Waals surface area contributed by atoms with Crippen LogP contribution in [0.2, 0.25) is 0 Å². The van der Waals surface area contributed by atoms with E-state index in [4.69, 9.17) is 0 Å². The van der Waals surface area contributed by atoms with E-state index in [0.29, 0.717) is 0 Å². The minimum absolute atomic E-state index is 0. The van der Waals surface area contributed by atoms with Crippen molar-refractivity contribution in [3.8, 4) is 0 Å². The van der Waals surface area contributed by atoms with Gasteiger partial charge in [0.2, 0.25) is 5.91 Å². The normalized spacial score (nSPS) is 34.1. The van der Waals surface area contributed by atoms with Gasteiger partial charge in [-0.3, -0.25) is 4.79 Å². The number of amides is 1. The number of hydrogen-bond donors (Lipinski definition) is 1. The fraction of sp³-hybridized carbons (Fsp3) is 0.692. The first kappa shape index (κ1) is 15.0. The van der Waals surface area contributed by atoms with Crippen molar-refractivity contribution in [1.29, 1.82) is 0 Å². The van der Waals surface area contributed by atoms with E-state index in [2.05, 4.69) is 0 Å². The van der Waals surface area contributed by atoms with Gasteiger partial charge >= 0.3 is 29.6 Å². The Hall–Kier alpha value is -0.360. The predicted molar refractivity (Wildman–Crippen MR) is 59.8 cm³/mol. The first-order valence-electron chi connectivity index (χ1n) is 6.49. The Balaban J connectivity index is 0.00000133. The van der Waals surface area contributed by atoms with Crippen LogP contribution in [0.4, 0.5) is 0 Å². The molecule has 5 nitrogen and oxygen atoms in total. The minimum atomic E-state index is -1.25. The number of fused-ring (bicyclic) bond motifs is 3. The average molecular weight is 273 g/mol. The second kappa shape index (κ2) is 5.20. The monoisotopic (exact) mass is 273 g/mol.